The summed E-state index contributed by atoms with van der Waals surface area (Å²) in [6.45, 7) is 5.34. The standard InChI is InChI=1S/C31H31ClN6O/c1-5-38-29-24(19-34-31(36-29)35-25-11-7-21(8-12-25)14-15-37(3)4)16-27(30(38)39)26-13-10-22(17-28(26)32)23-9-6-20(2)33-18-23/h6-13,16-19H,5,14-15H2,1-4H3,(H,34,35,36). The van der Waals surface area contributed by atoms with Crippen LogP contribution in [0.25, 0.3) is 33.3 Å². The Morgan fingerprint density at radius 2 is 1.69 bits per heavy atom. The number of aryl methyl sites for hydroxylation is 2. The zero-order valence-corrected chi connectivity index (χ0v) is 23.3. The number of nitrogens with one attached hydrogen (secondary N) is 1. The van der Waals surface area contributed by atoms with E-state index in [2.05, 4.69) is 46.4 Å². The quantitative estimate of drug-likeness (QED) is 0.248. The van der Waals surface area contributed by atoms with Crippen molar-refractivity contribution in [3.8, 4) is 22.3 Å². The minimum absolute atomic E-state index is 0.147. The van der Waals surface area contributed by atoms with Crippen LogP contribution in [0.15, 0.2) is 77.9 Å². The predicted molar refractivity (Wildman–Crippen MR) is 160 cm³/mol. The Kier molecular flexibility index (Phi) is 7.72. The van der Waals surface area contributed by atoms with E-state index in [1.807, 2.05) is 68.6 Å². The number of nitrogens with zero attached hydrogens (tertiary/aromatic N) is 5. The monoisotopic (exact) mass is 538 g/mol. The lowest BCUT2D eigenvalue weighted by atomic mass is 10.0. The molecule has 198 valence electrons. The molecule has 0 atom stereocenters. The van der Waals surface area contributed by atoms with Crippen LogP contribution in [0.2, 0.25) is 5.02 Å². The Bertz CT molecular complexity index is 1680. The van der Waals surface area contributed by atoms with E-state index < -0.39 is 0 Å². The minimum Gasteiger partial charge on any atom is -0.324 e. The number of likely N-dealkylation sites (N-methyl/N-ethyl adjacent to an activating group) is 1. The summed E-state index contributed by atoms with van der Waals surface area (Å²) in [4.78, 5) is 29.3. The molecule has 3 heterocycles. The van der Waals surface area contributed by atoms with Gasteiger partial charge in [-0.25, -0.2) is 4.98 Å². The molecule has 39 heavy (non-hydrogen) atoms. The van der Waals surface area contributed by atoms with Gasteiger partial charge in [-0.05, 0) is 75.8 Å². The third-order valence-corrected chi connectivity index (χ3v) is 7.02. The van der Waals surface area contributed by atoms with Gasteiger partial charge >= 0.3 is 0 Å². The Morgan fingerprint density at radius 1 is 0.923 bits per heavy atom. The fraction of sp³-hybridized carbons (Fsp3) is 0.226. The average Bonchev–Trinajstić information content (AvgIpc) is 2.93. The Labute approximate surface area is 233 Å². The van der Waals surface area contributed by atoms with Crippen LogP contribution < -0.4 is 10.9 Å². The molecule has 5 aromatic rings. The second-order valence-electron chi connectivity index (χ2n) is 9.84. The van der Waals surface area contributed by atoms with Crippen LogP contribution in [-0.2, 0) is 13.0 Å². The molecule has 5 rings (SSSR count). The van der Waals surface area contributed by atoms with Crippen molar-refractivity contribution in [3.63, 3.8) is 0 Å². The van der Waals surface area contributed by atoms with Gasteiger partial charge < -0.3 is 10.2 Å². The highest BCUT2D eigenvalue weighted by atomic mass is 35.5. The third kappa shape index (κ3) is 5.85. The van der Waals surface area contributed by atoms with Crippen LogP contribution >= 0.6 is 11.6 Å². The van der Waals surface area contributed by atoms with Crippen LogP contribution in [0, 0.1) is 6.92 Å². The summed E-state index contributed by atoms with van der Waals surface area (Å²) < 4.78 is 1.66. The number of halogens is 1. The summed E-state index contributed by atoms with van der Waals surface area (Å²) in [5, 5.41) is 4.53. The maximum atomic E-state index is 13.6. The number of anilines is 2. The summed E-state index contributed by atoms with van der Waals surface area (Å²) in [7, 11) is 4.14. The lowest BCUT2D eigenvalue weighted by Crippen LogP contribution is -2.22. The van der Waals surface area contributed by atoms with Gasteiger partial charge in [0.25, 0.3) is 5.56 Å². The highest BCUT2D eigenvalue weighted by Gasteiger charge is 2.16. The number of aromatic nitrogens is 4. The van der Waals surface area contributed by atoms with E-state index in [9.17, 15) is 4.79 Å². The SMILES string of the molecule is CCn1c(=O)c(-c2ccc(-c3ccc(C)nc3)cc2Cl)cc2cnc(Nc3ccc(CCN(C)C)cc3)nc21. The first kappa shape index (κ1) is 26.5. The largest absolute Gasteiger partial charge is 0.324 e. The summed E-state index contributed by atoms with van der Waals surface area (Å²) in [5.41, 5.74) is 6.63. The van der Waals surface area contributed by atoms with E-state index in [-0.39, 0.29) is 5.56 Å². The summed E-state index contributed by atoms with van der Waals surface area (Å²) in [5.74, 6) is 0.437. The molecule has 2 aromatic carbocycles. The molecule has 0 amide bonds. The number of hydrogen-bond donors (Lipinski definition) is 1. The zero-order valence-electron chi connectivity index (χ0n) is 22.6. The van der Waals surface area contributed by atoms with E-state index in [4.69, 9.17) is 16.6 Å². The van der Waals surface area contributed by atoms with E-state index in [0.717, 1.165) is 40.9 Å². The molecule has 1 N–H and O–H groups in total. The molecule has 8 heteroatoms. The van der Waals surface area contributed by atoms with Crippen LogP contribution in [-0.4, -0.2) is 45.1 Å². The Morgan fingerprint density at radius 3 is 2.36 bits per heavy atom. The maximum absolute atomic E-state index is 13.6. The van der Waals surface area contributed by atoms with Gasteiger partial charge in [0.05, 0.1) is 0 Å². The smallest absolute Gasteiger partial charge is 0.260 e. The zero-order chi connectivity index (χ0) is 27.5. The van der Waals surface area contributed by atoms with Gasteiger partial charge in [0.15, 0.2) is 0 Å². The van der Waals surface area contributed by atoms with Crippen molar-refractivity contribution in [3.05, 3.63) is 99.7 Å². The second kappa shape index (κ2) is 11.4. The lowest BCUT2D eigenvalue weighted by molar-refractivity contribution is 0.413. The predicted octanol–water partition coefficient (Wildman–Crippen LogP) is 6.35. The fourth-order valence-corrected chi connectivity index (χ4v) is 4.78. The average molecular weight is 539 g/mol. The highest BCUT2D eigenvalue weighted by Crippen LogP contribution is 2.32. The second-order valence-corrected chi connectivity index (χ2v) is 10.2. The molecule has 0 bridgehead atoms. The number of benzene rings is 2. The van der Waals surface area contributed by atoms with Gasteiger partial charge in [0, 0.05) is 64.0 Å². The van der Waals surface area contributed by atoms with E-state index in [1.54, 1.807) is 10.8 Å². The number of hydrogen-bond acceptors (Lipinski definition) is 6. The van der Waals surface area contributed by atoms with Crippen molar-refractivity contribution in [2.24, 2.45) is 0 Å². The van der Waals surface area contributed by atoms with Crippen molar-refractivity contribution >= 4 is 34.3 Å². The molecule has 0 unspecified atom stereocenters. The molecule has 0 aliphatic heterocycles. The summed E-state index contributed by atoms with van der Waals surface area (Å²) in [6, 6.07) is 19.8. The van der Waals surface area contributed by atoms with Gasteiger partial charge in [-0.2, -0.15) is 4.98 Å². The molecule has 0 aliphatic rings. The Hall–Kier alpha value is -4.07. The van der Waals surface area contributed by atoms with E-state index in [0.29, 0.717) is 34.3 Å². The summed E-state index contributed by atoms with van der Waals surface area (Å²) in [6.07, 6.45) is 4.55. The topological polar surface area (TPSA) is 75.9 Å². The van der Waals surface area contributed by atoms with Crippen molar-refractivity contribution in [1.82, 2.24) is 24.4 Å². The molecular formula is C31H31ClN6O. The lowest BCUT2D eigenvalue weighted by Gasteiger charge is -2.14. The van der Waals surface area contributed by atoms with Gasteiger partial charge in [0.2, 0.25) is 5.95 Å². The van der Waals surface area contributed by atoms with E-state index in [1.165, 1.54) is 5.56 Å². The van der Waals surface area contributed by atoms with Crippen LogP contribution in [0.3, 0.4) is 0 Å². The van der Waals surface area contributed by atoms with Gasteiger partial charge in [0.1, 0.15) is 5.65 Å². The molecule has 0 spiro atoms. The molecule has 0 fully saturated rings. The van der Waals surface area contributed by atoms with Crippen LogP contribution in [0.4, 0.5) is 11.6 Å². The highest BCUT2D eigenvalue weighted by molar-refractivity contribution is 6.33. The van der Waals surface area contributed by atoms with Gasteiger partial charge in [-0.15, -0.1) is 0 Å². The molecule has 7 nitrogen and oxygen atoms in total. The minimum atomic E-state index is -0.147. The van der Waals surface area contributed by atoms with Crippen molar-refractivity contribution < 1.29 is 0 Å². The van der Waals surface area contributed by atoms with Crippen molar-refractivity contribution in [1.29, 1.82) is 0 Å². The number of fused-ring (bicyclic) bond motifs is 1. The normalized spacial score (nSPS) is 11.3. The molecular weight excluding hydrogens is 508 g/mol. The number of rotatable bonds is 8. The van der Waals surface area contributed by atoms with Crippen LogP contribution in [0.1, 0.15) is 18.2 Å². The van der Waals surface area contributed by atoms with Crippen LogP contribution in [0.5, 0.6) is 0 Å². The van der Waals surface area contributed by atoms with Gasteiger partial charge in [-0.1, -0.05) is 41.9 Å². The van der Waals surface area contributed by atoms with Crippen molar-refractivity contribution in [2.45, 2.75) is 26.8 Å². The van der Waals surface area contributed by atoms with Gasteiger partial charge in [-0.3, -0.25) is 14.3 Å². The summed E-state index contributed by atoms with van der Waals surface area (Å²) >= 11 is 6.71. The first-order valence-corrected chi connectivity index (χ1v) is 13.3. The first-order valence-electron chi connectivity index (χ1n) is 13.0. The molecule has 3 aromatic heterocycles. The first-order chi connectivity index (χ1) is 18.8. The Balaban J connectivity index is 1.45. The van der Waals surface area contributed by atoms with Crippen molar-refractivity contribution in [2.75, 3.05) is 26.0 Å². The maximum Gasteiger partial charge on any atom is 0.260 e. The fourth-order valence-electron chi connectivity index (χ4n) is 4.49. The third-order valence-electron chi connectivity index (χ3n) is 6.70. The van der Waals surface area contributed by atoms with E-state index >= 15 is 0 Å². The molecule has 0 aliphatic carbocycles. The molecule has 0 radical (unpaired) electrons. The number of pyridine rings is 2. The molecule has 0 saturated carbocycles. The molecule has 0 saturated heterocycles.